The molecule has 2 aromatic rings. The second kappa shape index (κ2) is 5.55. The van der Waals surface area contributed by atoms with E-state index in [0.717, 1.165) is 30.2 Å². The molecule has 0 radical (unpaired) electrons. The van der Waals surface area contributed by atoms with E-state index in [1.165, 1.54) is 5.56 Å². The fraction of sp³-hybridized carbons (Fsp3) is 0.267. The molecule has 0 atom stereocenters. The minimum absolute atomic E-state index is 0.179. The van der Waals surface area contributed by atoms with Crippen molar-refractivity contribution >= 4 is 22.9 Å². The van der Waals surface area contributed by atoms with E-state index in [9.17, 15) is 4.79 Å². The van der Waals surface area contributed by atoms with Gasteiger partial charge in [0.25, 0.3) is 0 Å². The SMILES string of the molecule is O=C(Cc1cccs1)N1CCNCc2ccccc21. The van der Waals surface area contributed by atoms with Gasteiger partial charge in [0, 0.05) is 30.2 Å². The number of amides is 1. The summed E-state index contributed by atoms with van der Waals surface area (Å²) in [5, 5.41) is 5.37. The highest BCUT2D eigenvalue weighted by atomic mass is 32.1. The van der Waals surface area contributed by atoms with E-state index in [2.05, 4.69) is 11.4 Å². The normalized spacial score (nSPS) is 14.8. The van der Waals surface area contributed by atoms with Gasteiger partial charge in [-0.25, -0.2) is 0 Å². The molecule has 0 saturated carbocycles. The summed E-state index contributed by atoms with van der Waals surface area (Å²) >= 11 is 1.64. The van der Waals surface area contributed by atoms with Crippen LogP contribution in [-0.2, 0) is 17.8 Å². The summed E-state index contributed by atoms with van der Waals surface area (Å²) in [6, 6.07) is 12.1. The zero-order valence-electron chi connectivity index (χ0n) is 10.6. The Bertz CT molecular complexity index is 565. The van der Waals surface area contributed by atoms with Crippen molar-refractivity contribution in [3.05, 3.63) is 52.2 Å². The monoisotopic (exact) mass is 272 g/mol. The van der Waals surface area contributed by atoms with E-state index in [1.54, 1.807) is 11.3 Å². The third kappa shape index (κ3) is 2.69. The van der Waals surface area contributed by atoms with E-state index in [0.29, 0.717) is 6.42 Å². The van der Waals surface area contributed by atoms with Crippen molar-refractivity contribution in [1.82, 2.24) is 5.32 Å². The summed E-state index contributed by atoms with van der Waals surface area (Å²) in [6.45, 7) is 2.41. The number of thiophene rings is 1. The highest BCUT2D eigenvalue weighted by Gasteiger charge is 2.20. The highest BCUT2D eigenvalue weighted by Crippen LogP contribution is 2.23. The Kier molecular flexibility index (Phi) is 3.62. The van der Waals surface area contributed by atoms with Gasteiger partial charge in [0.2, 0.25) is 5.91 Å². The van der Waals surface area contributed by atoms with Crippen molar-refractivity contribution in [3.63, 3.8) is 0 Å². The third-order valence-corrected chi connectivity index (χ3v) is 4.19. The molecular weight excluding hydrogens is 256 g/mol. The van der Waals surface area contributed by atoms with Crippen molar-refractivity contribution in [2.24, 2.45) is 0 Å². The van der Waals surface area contributed by atoms with Crippen LogP contribution in [-0.4, -0.2) is 19.0 Å². The molecule has 1 aromatic heterocycles. The number of benzene rings is 1. The van der Waals surface area contributed by atoms with Crippen LogP contribution in [0.5, 0.6) is 0 Å². The summed E-state index contributed by atoms with van der Waals surface area (Å²) in [5.41, 5.74) is 2.24. The Hall–Kier alpha value is -1.65. The van der Waals surface area contributed by atoms with Crippen LogP contribution in [0.4, 0.5) is 5.69 Å². The highest BCUT2D eigenvalue weighted by molar-refractivity contribution is 7.10. The largest absolute Gasteiger partial charge is 0.311 e. The maximum atomic E-state index is 12.5. The smallest absolute Gasteiger partial charge is 0.232 e. The Labute approximate surface area is 116 Å². The average molecular weight is 272 g/mol. The number of carbonyl (C=O) groups is 1. The summed E-state index contributed by atoms with van der Waals surface area (Å²) < 4.78 is 0. The molecule has 0 unspecified atom stereocenters. The van der Waals surface area contributed by atoms with Crippen LogP contribution >= 0.6 is 11.3 Å². The molecule has 0 spiro atoms. The van der Waals surface area contributed by atoms with E-state index >= 15 is 0 Å². The first kappa shape index (κ1) is 12.4. The molecule has 1 aliphatic rings. The van der Waals surface area contributed by atoms with Crippen molar-refractivity contribution < 1.29 is 4.79 Å². The van der Waals surface area contributed by atoms with Crippen molar-refractivity contribution in [2.45, 2.75) is 13.0 Å². The Morgan fingerprint density at radius 3 is 3.00 bits per heavy atom. The van der Waals surface area contributed by atoms with Gasteiger partial charge < -0.3 is 10.2 Å². The molecular formula is C15H16N2OS. The maximum Gasteiger partial charge on any atom is 0.232 e. The summed E-state index contributed by atoms with van der Waals surface area (Å²) in [5.74, 6) is 0.179. The molecule has 0 aliphatic carbocycles. The third-order valence-electron chi connectivity index (χ3n) is 3.32. The number of para-hydroxylation sites is 1. The fourth-order valence-corrected chi connectivity index (χ4v) is 3.07. The lowest BCUT2D eigenvalue weighted by Gasteiger charge is -2.22. The second-order valence-electron chi connectivity index (χ2n) is 4.61. The minimum atomic E-state index is 0.179. The zero-order chi connectivity index (χ0) is 13.1. The van der Waals surface area contributed by atoms with Crippen LogP contribution < -0.4 is 10.2 Å². The number of rotatable bonds is 2. The van der Waals surface area contributed by atoms with Crippen molar-refractivity contribution in [2.75, 3.05) is 18.0 Å². The van der Waals surface area contributed by atoms with Gasteiger partial charge in [-0.15, -0.1) is 11.3 Å². The molecule has 3 rings (SSSR count). The molecule has 1 N–H and O–H groups in total. The zero-order valence-corrected chi connectivity index (χ0v) is 11.5. The summed E-state index contributed by atoms with van der Waals surface area (Å²) in [6.07, 6.45) is 0.492. The standard InChI is InChI=1S/C15H16N2OS/c18-15(10-13-5-3-9-19-13)17-8-7-16-11-12-4-1-2-6-14(12)17/h1-6,9,16H,7-8,10-11H2. The molecule has 98 valence electrons. The predicted octanol–water partition coefficient (Wildman–Crippen LogP) is 2.43. The first-order valence-corrected chi connectivity index (χ1v) is 7.34. The van der Waals surface area contributed by atoms with Gasteiger partial charge >= 0.3 is 0 Å². The quantitative estimate of drug-likeness (QED) is 0.910. The lowest BCUT2D eigenvalue weighted by atomic mass is 10.1. The van der Waals surface area contributed by atoms with Gasteiger partial charge in [0.1, 0.15) is 0 Å². The first-order valence-electron chi connectivity index (χ1n) is 6.46. The topological polar surface area (TPSA) is 32.3 Å². The van der Waals surface area contributed by atoms with Gasteiger partial charge in [-0.1, -0.05) is 24.3 Å². The lowest BCUT2D eigenvalue weighted by Crippen LogP contribution is -2.35. The summed E-state index contributed by atoms with van der Waals surface area (Å²) in [4.78, 5) is 15.5. The van der Waals surface area contributed by atoms with E-state index < -0.39 is 0 Å². The van der Waals surface area contributed by atoms with Crippen molar-refractivity contribution in [3.8, 4) is 0 Å². The predicted molar refractivity (Wildman–Crippen MR) is 78.5 cm³/mol. The number of carbonyl (C=O) groups excluding carboxylic acids is 1. The Morgan fingerprint density at radius 2 is 2.16 bits per heavy atom. The molecule has 3 nitrogen and oxygen atoms in total. The minimum Gasteiger partial charge on any atom is -0.311 e. The Morgan fingerprint density at radius 1 is 1.26 bits per heavy atom. The van der Waals surface area contributed by atoms with Gasteiger partial charge in [0.05, 0.1) is 6.42 Å². The molecule has 19 heavy (non-hydrogen) atoms. The van der Waals surface area contributed by atoms with Gasteiger partial charge in [0.15, 0.2) is 0 Å². The number of nitrogens with one attached hydrogen (secondary N) is 1. The molecule has 2 heterocycles. The Balaban J connectivity index is 1.85. The molecule has 0 bridgehead atoms. The van der Waals surface area contributed by atoms with Gasteiger partial charge in [-0.2, -0.15) is 0 Å². The van der Waals surface area contributed by atoms with Crippen molar-refractivity contribution in [1.29, 1.82) is 0 Å². The van der Waals surface area contributed by atoms with Crippen LogP contribution in [0.3, 0.4) is 0 Å². The average Bonchev–Trinajstić information content (AvgIpc) is 2.83. The summed E-state index contributed by atoms with van der Waals surface area (Å²) in [7, 11) is 0. The van der Waals surface area contributed by atoms with Crippen LogP contribution in [0.2, 0.25) is 0 Å². The fourth-order valence-electron chi connectivity index (χ4n) is 2.37. The number of hydrogen-bond acceptors (Lipinski definition) is 3. The van der Waals surface area contributed by atoms with E-state index in [4.69, 9.17) is 0 Å². The molecule has 1 aromatic carbocycles. The lowest BCUT2D eigenvalue weighted by molar-refractivity contribution is -0.117. The second-order valence-corrected chi connectivity index (χ2v) is 5.64. The number of anilines is 1. The van der Waals surface area contributed by atoms with Crippen LogP contribution in [0.15, 0.2) is 41.8 Å². The first-order chi connectivity index (χ1) is 9.34. The van der Waals surface area contributed by atoms with E-state index in [1.807, 2.05) is 40.6 Å². The van der Waals surface area contributed by atoms with Gasteiger partial charge in [-0.3, -0.25) is 4.79 Å². The molecule has 4 heteroatoms. The van der Waals surface area contributed by atoms with Gasteiger partial charge in [-0.05, 0) is 23.1 Å². The number of nitrogens with zero attached hydrogens (tertiary/aromatic N) is 1. The molecule has 1 aliphatic heterocycles. The molecule has 1 amide bonds. The number of hydrogen-bond donors (Lipinski definition) is 1. The van der Waals surface area contributed by atoms with Crippen LogP contribution in [0.25, 0.3) is 0 Å². The molecule has 0 saturated heterocycles. The molecule has 0 fully saturated rings. The van der Waals surface area contributed by atoms with Crippen LogP contribution in [0.1, 0.15) is 10.4 Å². The number of fused-ring (bicyclic) bond motifs is 1. The van der Waals surface area contributed by atoms with Crippen LogP contribution in [0, 0.1) is 0 Å². The maximum absolute atomic E-state index is 12.5. The van der Waals surface area contributed by atoms with E-state index in [-0.39, 0.29) is 5.91 Å².